The molecule has 0 spiro atoms. The molecule has 0 amide bonds. The third-order valence-corrected chi connectivity index (χ3v) is 3.92. The van der Waals surface area contributed by atoms with Crippen molar-refractivity contribution >= 4 is 5.69 Å². The number of hydrogen-bond donors (Lipinski definition) is 1. The molecule has 0 saturated heterocycles. The molecule has 0 radical (unpaired) electrons. The summed E-state index contributed by atoms with van der Waals surface area (Å²) in [6, 6.07) is 7.37. The van der Waals surface area contributed by atoms with Crippen molar-refractivity contribution in [2.24, 2.45) is 5.41 Å². The second kappa shape index (κ2) is 7.63. The largest absolute Gasteiger partial charge is 0.371 e. The van der Waals surface area contributed by atoms with Crippen molar-refractivity contribution in [3.63, 3.8) is 0 Å². The molecule has 0 aromatic heterocycles. The van der Waals surface area contributed by atoms with E-state index in [4.69, 9.17) is 0 Å². The van der Waals surface area contributed by atoms with E-state index in [0.29, 0.717) is 6.04 Å². The van der Waals surface area contributed by atoms with Gasteiger partial charge in [0.1, 0.15) is 5.82 Å². The zero-order valence-corrected chi connectivity index (χ0v) is 13.5. The molecular formula is C17H29FN2. The van der Waals surface area contributed by atoms with Crippen LogP contribution in [0.1, 0.15) is 41.0 Å². The van der Waals surface area contributed by atoms with Crippen LogP contribution < -0.4 is 10.2 Å². The summed E-state index contributed by atoms with van der Waals surface area (Å²) in [4.78, 5) is 2.26. The first-order chi connectivity index (χ1) is 9.40. The maximum atomic E-state index is 13.4. The van der Waals surface area contributed by atoms with Crippen molar-refractivity contribution in [1.82, 2.24) is 5.32 Å². The number of rotatable bonds is 8. The fourth-order valence-electron chi connectivity index (χ4n) is 2.26. The van der Waals surface area contributed by atoms with Gasteiger partial charge in [-0.15, -0.1) is 0 Å². The minimum absolute atomic E-state index is 0.167. The quantitative estimate of drug-likeness (QED) is 0.772. The molecule has 0 bridgehead atoms. The topological polar surface area (TPSA) is 15.3 Å². The van der Waals surface area contributed by atoms with Gasteiger partial charge in [0.15, 0.2) is 0 Å². The third kappa shape index (κ3) is 5.12. The monoisotopic (exact) mass is 280 g/mol. The van der Waals surface area contributed by atoms with Gasteiger partial charge in [0.05, 0.1) is 0 Å². The molecule has 0 aliphatic rings. The Morgan fingerprint density at radius 1 is 1.30 bits per heavy atom. The van der Waals surface area contributed by atoms with Gasteiger partial charge in [0, 0.05) is 31.4 Å². The number of benzene rings is 1. The van der Waals surface area contributed by atoms with Gasteiger partial charge < -0.3 is 10.2 Å². The number of nitrogens with zero attached hydrogens (tertiary/aromatic N) is 1. The summed E-state index contributed by atoms with van der Waals surface area (Å²) in [6.07, 6.45) is 1.10. The zero-order valence-electron chi connectivity index (χ0n) is 13.5. The van der Waals surface area contributed by atoms with Crippen molar-refractivity contribution in [2.75, 3.05) is 24.5 Å². The van der Waals surface area contributed by atoms with E-state index in [1.807, 2.05) is 6.07 Å². The lowest BCUT2D eigenvalue weighted by Gasteiger charge is -2.36. The molecular weight excluding hydrogens is 251 g/mol. The standard InChI is InChI=1S/C17H29FN2/c1-6-17(5,12-19-14(3)4)13-20(7-2)16-10-8-9-15(18)11-16/h8-11,14,19H,6-7,12-13H2,1-5H3. The average molecular weight is 280 g/mol. The minimum atomic E-state index is -0.167. The number of halogens is 1. The van der Waals surface area contributed by atoms with Gasteiger partial charge in [-0.25, -0.2) is 4.39 Å². The summed E-state index contributed by atoms with van der Waals surface area (Å²) >= 11 is 0. The minimum Gasteiger partial charge on any atom is -0.371 e. The van der Waals surface area contributed by atoms with E-state index < -0.39 is 0 Å². The molecule has 0 heterocycles. The summed E-state index contributed by atoms with van der Waals surface area (Å²) in [6.45, 7) is 13.8. The molecule has 0 aliphatic heterocycles. The summed E-state index contributed by atoms with van der Waals surface area (Å²) in [7, 11) is 0. The van der Waals surface area contributed by atoms with E-state index in [1.165, 1.54) is 6.07 Å². The Labute approximate surface area is 123 Å². The molecule has 20 heavy (non-hydrogen) atoms. The predicted octanol–water partition coefficient (Wildman–Crippen LogP) is 4.07. The highest BCUT2D eigenvalue weighted by molar-refractivity contribution is 5.46. The SMILES string of the molecule is CCN(CC(C)(CC)CNC(C)C)c1cccc(F)c1. The first-order valence-electron chi connectivity index (χ1n) is 7.64. The lowest BCUT2D eigenvalue weighted by atomic mass is 9.86. The van der Waals surface area contributed by atoms with Gasteiger partial charge in [0.2, 0.25) is 0 Å². The fraction of sp³-hybridized carbons (Fsp3) is 0.647. The molecule has 1 aromatic carbocycles. The van der Waals surface area contributed by atoms with Crippen molar-refractivity contribution in [3.8, 4) is 0 Å². The van der Waals surface area contributed by atoms with Crippen LogP contribution >= 0.6 is 0 Å². The van der Waals surface area contributed by atoms with Crippen molar-refractivity contribution in [2.45, 2.75) is 47.1 Å². The van der Waals surface area contributed by atoms with Crippen molar-refractivity contribution in [1.29, 1.82) is 0 Å². The van der Waals surface area contributed by atoms with Crippen molar-refractivity contribution in [3.05, 3.63) is 30.1 Å². The van der Waals surface area contributed by atoms with Crippen LogP contribution in [-0.4, -0.2) is 25.7 Å². The summed E-state index contributed by atoms with van der Waals surface area (Å²) < 4.78 is 13.4. The first-order valence-corrected chi connectivity index (χ1v) is 7.64. The average Bonchev–Trinajstić information content (AvgIpc) is 2.42. The highest BCUT2D eigenvalue weighted by atomic mass is 19.1. The van der Waals surface area contributed by atoms with Crippen LogP contribution in [0, 0.1) is 11.2 Å². The predicted molar refractivity (Wildman–Crippen MR) is 85.8 cm³/mol. The maximum Gasteiger partial charge on any atom is 0.125 e. The molecule has 2 nitrogen and oxygen atoms in total. The molecule has 0 saturated carbocycles. The Bertz CT molecular complexity index is 406. The molecule has 3 heteroatoms. The molecule has 1 aromatic rings. The lowest BCUT2D eigenvalue weighted by molar-refractivity contribution is 0.287. The summed E-state index contributed by atoms with van der Waals surface area (Å²) in [5.41, 5.74) is 1.16. The van der Waals surface area contributed by atoms with Crippen molar-refractivity contribution < 1.29 is 4.39 Å². The molecule has 1 N–H and O–H groups in total. The summed E-state index contributed by atoms with van der Waals surface area (Å²) in [5, 5.41) is 3.53. The lowest BCUT2D eigenvalue weighted by Crippen LogP contribution is -2.43. The van der Waals surface area contributed by atoms with E-state index in [1.54, 1.807) is 12.1 Å². The third-order valence-electron chi connectivity index (χ3n) is 3.92. The van der Waals surface area contributed by atoms with Crippen LogP contribution in [0.25, 0.3) is 0 Å². The molecule has 1 atom stereocenters. The van der Waals surface area contributed by atoms with E-state index in [-0.39, 0.29) is 11.2 Å². The molecule has 114 valence electrons. The molecule has 0 aliphatic carbocycles. The smallest absolute Gasteiger partial charge is 0.125 e. The first kappa shape index (κ1) is 17.0. The van der Waals surface area contributed by atoms with Gasteiger partial charge >= 0.3 is 0 Å². The van der Waals surface area contributed by atoms with Gasteiger partial charge in [-0.2, -0.15) is 0 Å². The van der Waals surface area contributed by atoms with E-state index >= 15 is 0 Å². The van der Waals surface area contributed by atoms with Crippen LogP contribution in [0.15, 0.2) is 24.3 Å². The van der Waals surface area contributed by atoms with Crippen LogP contribution in [0.5, 0.6) is 0 Å². The Hall–Kier alpha value is -1.09. The van der Waals surface area contributed by atoms with Crippen LogP contribution in [0.3, 0.4) is 0 Å². The normalized spacial score (nSPS) is 14.3. The fourth-order valence-corrected chi connectivity index (χ4v) is 2.26. The van der Waals surface area contributed by atoms with Crippen LogP contribution in [0.2, 0.25) is 0 Å². The second-order valence-corrected chi connectivity index (χ2v) is 6.19. The zero-order chi connectivity index (χ0) is 15.2. The Balaban J connectivity index is 2.79. The maximum absolute atomic E-state index is 13.4. The molecule has 1 unspecified atom stereocenters. The van der Waals surface area contributed by atoms with Gasteiger partial charge in [0.25, 0.3) is 0 Å². The molecule has 1 rings (SSSR count). The Kier molecular flexibility index (Phi) is 6.47. The Morgan fingerprint density at radius 3 is 2.50 bits per heavy atom. The van der Waals surface area contributed by atoms with Gasteiger partial charge in [-0.3, -0.25) is 0 Å². The second-order valence-electron chi connectivity index (χ2n) is 6.19. The highest BCUT2D eigenvalue weighted by Crippen LogP contribution is 2.25. The summed E-state index contributed by atoms with van der Waals surface area (Å²) in [5.74, 6) is -0.167. The number of hydrogen-bond acceptors (Lipinski definition) is 2. The highest BCUT2D eigenvalue weighted by Gasteiger charge is 2.25. The van der Waals surface area contributed by atoms with Crippen LogP contribution in [0.4, 0.5) is 10.1 Å². The van der Waals surface area contributed by atoms with E-state index in [0.717, 1.165) is 31.7 Å². The van der Waals surface area contributed by atoms with E-state index in [9.17, 15) is 4.39 Å². The van der Waals surface area contributed by atoms with Crippen LogP contribution in [-0.2, 0) is 0 Å². The molecule has 0 fully saturated rings. The number of nitrogens with one attached hydrogen (secondary N) is 1. The number of anilines is 1. The van der Waals surface area contributed by atoms with E-state index in [2.05, 4.69) is 44.8 Å². The van der Waals surface area contributed by atoms with Gasteiger partial charge in [-0.1, -0.05) is 33.8 Å². The van der Waals surface area contributed by atoms with Gasteiger partial charge in [-0.05, 0) is 37.0 Å². The Morgan fingerprint density at radius 2 is 2.00 bits per heavy atom.